The number of rotatable bonds is 2. The molecule has 0 aromatic carbocycles. The Morgan fingerprint density at radius 2 is 1.73 bits per heavy atom. The minimum absolute atomic E-state index is 0.107. The van der Waals surface area contributed by atoms with Gasteiger partial charge in [0, 0.05) is 12.5 Å². The van der Waals surface area contributed by atoms with Gasteiger partial charge in [0.15, 0.2) is 0 Å². The van der Waals surface area contributed by atoms with E-state index in [1.807, 2.05) is 20.8 Å². The minimum atomic E-state index is -0.837. The molecule has 0 bridgehead atoms. The van der Waals surface area contributed by atoms with Gasteiger partial charge in [-0.05, 0) is 11.8 Å². The van der Waals surface area contributed by atoms with Crippen molar-refractivity contribution in [2.75, 3.05) is 13.7 Å². The Morgan fingerprint density at radius 3 is 2.13 bits per heavy atom. The van der Waals surface area contributed by atoms with Gasteiger partial charge in [0.2, 0.25) is 0 Å². The van der Waals surface area contributed by atoms with Gasteiger partial charge >= 0.3 is 0 Å². The fourth-order valence-corrected chi connectivity index (χ4v) is 2.67. The third-order valence-corrected chi connectivity index (χ3v) is 3.63. The number of aliphatic hydroxyl groups excluding tert-OH is 3. The fraction of sp³-hybridized carbons (Fsp3) is 1.00. The standard InChI is InChI=1S/C11H22O4/c1-10(2)5-11(3,6-12)9(14)7(15-4)8(10)13/h7-9,12-14H,5-6H2,1-4H3. The molecule has 0 spiro atoms. The van der Waals surface area contributed by atoms with Crippen molar-refractivity contribution in [3.8, 4) is 0 Å². The quantitative estimate of drug-likeness (QED) is 0.617. The van der Waals surface area contributed by atoms with Gasteiger partial charge in [-0.25, -0.2) is 0 Å². The van der Waals surface area contributed by atoms with Crippen LogP contribution < -0.4 is 0 Å². The molecular weight excluding hydrogens is 196 g/mol. The van der Waals surface area contributed by atoms with Crippen LogP contribution in [0.15, 0.2) is 0 Å². The van der Waals surface area contributed by atoms with Gasteiger partial charge in [-0.1, -0.05) is 20.8 Å². The maximum absolute atomic E-state index is 10.0. The molecule has 15 heavy (non-hydrogen) atoms. The highest BCUT2D eigenvalue weighted by Gasteiger charge is 2.53. The first-order valence-corrected chi connectivity index (χ1v) is 5.28. The summed E-state index contributed by atoms with van der Waals surface area (Å²) in [5, 5.41) is 29.4. The molecule has 90 valence electrons. The molecule has 0 amide bonds. The summed E-state index contributed by atoms with van der Waals surface area (Å²) in [7, 11) is 1.47. The second-order valence-corrected chi connectivity index (χ2v) is 5.57. The van der Waals surface area contributed by atoms with Crippen LogP contribution in [0.1, 0.15) is 27.2 Å². The molecule has 0 saturated heterocycles. The topological polar surface area (TPSA) is 69.9 Å². The fourth-order valence-electron chi connectivity index (χ4n) is 2.67. The SMILES string of the molecule is COC1C(O)C(C)(C)CC(C)(CO)C1O. The van der Waals surface area contributed by atoms with Gasteiger partial charge in [-0.3, -0.25) is 0 Å². The summed E-state index contributed by atoms with van der Waals surface area (Å²) in [5.41, 5.74) is -0.971. The second-order valence-electron chi connectivity index (χ2n) is 5.57. The molecule has 0 aromatic rings. The monoisotopic (exact) mass is 218 g/mol. The van der Waals surface area contributed by atoms with E-state index >= 15 is 0 Å². The predicted molar refractivity (Wildman–Crippen MR) is 56.4 cm³/mol. The van der Waals surface area contributed by atoms with E-state index in [1.165, 1.54) is 7.11 Å². The molecule has 4 atom stereocenters. The average molecular weight is 218 g/mol. The zero-order valence-corrected chi connectivity index (χ0v) is 9.90. The van der Waals surface area contributed by atoms with Gasteiger partial charge in [-0.15, -0.1) is 0 Å². The lowest BCUT2D eigenvalue weighted by molar-refractivity contribution is -0.207. The van der Waals surface area contributed by atoms with Crippen LogP contribution in [0.3, 0.4) is 0 Å². The summed E-state index contributed by atoms with van der Waals surface area (Å²) >= 11 is 0. The zero-order valence-electron chi connectivity index (χ0n) is 9.90. The van der Waals surface area contributed by atoms with E-state index in [9.17, 15) is 15.3 Å². The van der Waals surface area contributed by atoms with E-state index in [-0.39, 0.29) is 12.0 Å². The van der Waals surface area contributed by atoms with Crippen molar-refractivity contribution in [2.24, 2.45) is 10.8 Å². The van der Waals surface area contributed by atoms with Crippen LogP contribution in [-0.4, -0.2) is 47.3 Å². The summed E-state index contributed by atoms with van der Waals surface area (Å²) in [6, 6.07) is 0. The maximum Gasteiger partial charge on any atom is 0.110 e. The van der Waals surface area contributed by atoms with E-state index < -0.39 is 23.7 Å². The molecule has 4 heteroatoms. The predicted octanol–water partition coefficient (Wildman–Crippen LogP) is 0.152. The third-order valence-electron chi connectivity index (χ3n) is 3.63. The molecule has 1 fully saturated rings. The highest BCUT2D eigenvalue weighted by atomic mass is 16.5. The van der Waals surface area contributed by atoms with Crippen molar-refractivity contribution in [1.29, 1.82) is 0 Å². The molecule has 0 aliphatic heterocycles. The summed E-state index contributed by atoms with van der Waals surface area (Å²) in [6.45, 7) is 5.55. The van der Waals surface area contributed by atoms with Crippen LogP contribution >= 0.6 is 0 Å². The average Bonchev–Trinajstić information content (AvgIpc) is 2.16. The summed E-state index contributed by atoms with van der Waals surface area (Å²) < 4.78 is 5.14. The Hall–Kier alpha value is -0.160. The Bertz CT molecular complexity index is 229. The van der Waals surface area contributed by atoms with E-state index in [1.54, 1.807) is 0 Å². The Balaban J connectivity index is 3.00. The van der Waals surface area contributed by atoms with Crippen molar-refractivity contribution in [3.63, 3.8) is 0 Å². The second kappa shape index (κ2) is 4.01. The molecule has 4 unspecified atom stereocenters. The zero-order chi connectivity index (χ0) is 11.9. The molecule has 1 rings (SSSR count). The third kappa shape index (κ3) is 2.04. The number of hydrogen-bond acceptors (Lipinski definition) is 4. The molecular formula is C11H22O4. The molecule has 0 aromatic heterocycles. The minimum Gasteiger partial charge on any atom is -0.396 e. The smallest absolute Gasteiger partial charge is 0.110 e. The first-order chi connectivity index (χ1) is 6.78. The van der Waals surface area contributed by atoms with E-state index in [0.717, 1.165) is 0 Å². The van der Waals surface area contributed by atoms with Gasteiger partial charge in [0.25, 0.3) is 0 Å². The van der Waals surface area contributed by atoms with Gasteiger partial charge in [0.05, 0.1) is 18.8 Å². The lowest BCUT2D eigenvalue weighted by Crippen LogP contribution is -2.60. The van der Waals surface area contributed by atoms with Gasteiger partial charge in [-0.2, -0.15) is 0 Å². The molecule has 0 heterocycles. The van der Waals surface area contributed by atoms with Crippen LogP contribution in [-0.2, 0) is 4.74 Å². The van der Waals surface area contributed by atoms with Crippen molar-refractivity contribution in [1.82, 2.24) is 0 Å². The van der Waals surface area contributed by atoms with Crippen molar-refractivity contribution < 1.29 is 20.1 Å². The molecule has 4 nitrogen and oxygen atoms in total. The van der Waals surface area contributed by atoms with E-state index in [0.29, 0.717) is 6.42 Å². The van der Waals surface area contributed by atoms with Crippen LogP contribution in [0.5, 0.6) is 0 Å². The summed E-state index contributed by atoms with van der Waals surface area (Å²) in [6.07, 6.45) is -1.61. The van der Waals surface area contributed by atoms with Crippen molar-refractivity contribution in [3.05, 3.63) is 0 Å². The number of hydrogen-bond donors (Lipinski definition) is 3. The molecule has 0 radical (unpaired) electrons. The van der Waals surface area contributed by atoms with Crippen LogP contribution in [0.2, 0.25) is 0 Å². The van der Waals surface area contributed by atoms with E-state index in [2.05, 4.69) is 0 Å². The Morgan fingerprint density at radius 1 is 1.20 bits per heavy atom. The molecule has 1 aliphatic rings. The first kappa shape index (κ1) is 12.9. The highest BCUT2D eigenvalue weighted by Crippen LogP contribution is 2.46. The van der Waals surface area contributed by atoms with Crippen LogP contribution in [0, 0.1) is 10.8 Å². The van der Waals surface area contributed by atoms with Crippen molar-refractivity contribution >= 4 is 0 Å². The molecule has 1 saturated carbocycles. The number of ether oxygens (including phenoxy) is 1. The largest absolute Gasteiger partial charge is 0.396 e. The van der Waals surface area contributed by atoms with Crippen LogP contribution in [0.4, 0.5) is 0 Å². The number of methoxy groups -OCH3 is 1. The lowest BCUT2D eigenvalue weighted by Gasteiger charge is -2.51. The van der Waals surface area contributed by atoms with Crippen LogP contribution in [0.25, 0.3) is 0 Å². The Kier molecular flexibility index (Phi) is 3.45. The maximum atomic E-state index is 10.0. The lowest BCUT2D eigenvalue weighted by atomic mass is 9.60. The van der Waals surface area contributed by atoms with Gasteiger partial charge in [0.1, 0.15) is 6.10 Å². The van der Waals surface area contributed by atoms with E-state index in [4.69, 9.17) is 4.74 Å². The van der Waals surface area contributed by atoms with Crippen molar-refractivity contribution in [2.45, 2.75) is 45.5 Å². The summed E-state index contributed by atoms with van der Waals surface area (Å²) in [4.78, 5) is 0. The molecule has 1 aliphatic carbocycles. The summed E-state index contributed by atoms with van der Waals surface area (Å²) in [5.74, 6) is 0. The highest BCUT2D eigenvalue weighted by molar-refractivity contribution is 5.03. The van der Waals surface area contributed by atoms with Gasteiger partial charge < -0.3 is 20.1 Å². The number of aliphatic hydroxyl groups is 3. The molecule has 3 N–H and O–H groups in total. The first-order valence-electron chi connectivity index (χ1n) is 5.28. The normalized spacial score (nSPS) is 45.4. The Labute approximate surface area is 90.9 Å².